The van der Waals surface area contributed by atoms with Crippen molar-refractivity contribution in [1.29, 1.82) is 0 Å². The topological polar surface area (TPSA) is 309 Å². The minimum Gasteiger partial charge on any atom is -0.313 e. The molecule has 24 heteroatoms. The van der Waals surface area contributed by atoms with Gasteiger partial charge in [0.1, 0.15) is 0 Å². The predicted octanol–water partition coefficient (Wildman–Crippen LogP) is 19.0. The Labute approximate surface area is 713 Å². The molecule has 0 heterocycles. The van der Waals surface area contributed by atoms with E-state index in [1.54, 1.807) is 298 Å². The molecule has 616 valence electrons. The van der Waals surface area contributed by atoms with E-state index >= 15 is 38.4 Å². The molecule has 12 aromatic rings. The van der Waals surface area contributed by atoms with E-state index in [1.165, 1.54) is 48.5 Å². The first-order valence-corrected chi connectivity index (χ1v) is 39.2. The summed E-state index contributed by atoms with van der Waals surface area (Å²) in [6.45, 7) is 12.9. The van der Waals surface area contributed by atoms with Gasteiger partial charge in [-0.05, 0) is 194 Å². The Morgan fingerprint density at radius 1 is 0.169 bits per heavy atom. The minimum atomic E-state index is -1.14. The van der Waals surface area contributed by atoms with Gasteiger partial charge in [0.05, 0.1) is 90.2 Å². The summed E-state index contributed by atoms with van der Waals surface area (Å²) in [7, 11) is 0. The molecule has 24 nitrogen and oxygen atoms in total. The van der Waals surface area contributed by atoms with Crippen LogP contribution in [0.5, 0.6) is 0 Å². The fourth-order valence-corrected chi connectivity index (χ4v) is 13.4. The SMILES string of the molecule is CC(=NOC(=O)c1cc(C(=O)ON=C(C)c2ccccc2)c2cc1Cc1cc(c(C(=O)ON=C(C)c3ccccc3)cc1C(=O)ON=C(C)c1ccccc1)Cc1cc(c(C(=O)ON=C(C)c3ccccc3)cc1C(=O)ON=C(C)c1ccccc1)Cc1cc(c(C(=O)ON=C(C)c3ccccc3)cc1C(=O)ON=C(C)c1ccccc1)C2)c1ccccc1. The molecule has 1 aliphatic rings. The maximum absolute atomic E-state index is 15.6. The third-order valence-corrected chi connectivity index (χ3v) is 20.3. The zero-order chi connectivity index (χ0) is 87.2. The van der Waals surface area contributed by atoms with Crippen LogP contribution in [0.25, 0.3) is 0 Å². The Morgan fingerprint density at radius 3 is 0.379 bits per heavy atom. The summed E-state index contributed by atoms with van der Waals surface area (Å²) in [4.78, 5) is 172. The standard InChI is InChI=1S/C100H80N8O16/c1-61(69-33-17-9-18-34-69)101-117-93(109)85-57-86(94(110)118-102-62(2)70-35-19-10-20-36-70)78-49-77(85)53-79-50-80(88(96(112)120-104-64(4)72-39-23-12-24-40-72)58-87(79)95(111)119-103-63(3)71-37-21-11-22-38-71)55-83-52-84(92(100(116)124-108-68(8)76-47-31-16-32-48-76)60-91(83)99(115)123-107-67(7)75-45-29-15-30-46-75)56-82-51-81(54-78)89(97(113)121-105-65(5)73-41-25-13-26-42-73)59-90(82)98(114)122-106-66(6)74-43-27-14-28-44-74/h9-52,57-60H,53-56H2,1-8H3. The molecule has 13 rings (SSSR count). The van der Waals surface area contributed by atoms with E-state index in [0.717, 1.165) is 0 Å². The normalized spacial score (nSPS) is 12.7. The Kier molecular flexibility index (Phi) is 28.0. The third kappa shape index (κ3) is 21.6. The average molecular weight is 1650 g/mol. The highest BCUT2D eigenvalue weighted by Crippen LogP contribution is 2.35. The van der Waals surface area contributed by atoms with E-state index in [9.17, 15) is 0 Å². The number of carbonyl (C=O) groups is 8. The van der Waals surface area contributed by atoms with Crippen molar-refractivity contribution in [3.05, 3.63) is 425 Å². The smallest absolute Gasteiger partial charge is 0.313 e. The van der Waals surface area contributed by atoms with Crippen LogP contribution >= 0.6 is 0 Å². The first kappa shape index (κ1) is 85.6. The van der Waals surface area contributed by atoms with E-state index < -0.39 is 73.4 Å². The number of hydrogen-bond acceptors (Lipinski definition) is 24. The maximum atomic E-state index is 15.6. The molecule has 0 aromatic heterocycles. The summed E-state index contributed by atoms with van der Waals surface area (Å²) in [6, 6.07) is 81.3. The number of carbonyl (C=O) groups excluding carboxylic acids is 8. The van der Waals surface area contributed by atoms with Gasteiger partial charge in [0.25, 0.3) is 0 Å². The number of nitrogens with zero attached hydrogens (tertiary/aromatic N) is 8. The first-order valence-electron chi connectivity index (χ1n) is 39.2. The molecule has 0 saturated heterocycles. The Morgan fingerprint density at radius 2 is 0.274 bits per heavy atom. The van der Waals surface area contributed by atoms with Gasteiger partial charge in [-0.25, -0.2) is 38.4 Å². The molecule has 0 atom stereocenters. The van der Waals surface area contributed by atoms with Crippen molar-refractivity contribution < 1.29 is 77.1 Å². The van der Waals surface area contributed by atoms with Crippen molar-refractivity contribution in [3.8, 4) is 0 Å². The quantitative estimate of drug-likeness (QED) is 0.0308. The van der Waals surface area contributed by atoms with Crippen LogP contribution in [0.3, 0.4) is 0 Å². The van der Waals surface area contributed by atoms with E-state index in [0.29, 0.717) is 44.5 Å². The van der Waals surface area contributed by atoms with Crippen LogP contribution in [0.2, 0.25) is 0 Å². The van der Waals surface area contributed by atoms with Crippen LogP contribution in [-0.4, -0.2) is 93.4 Å². The van der Waals surface area contributed by atoms with Gasteiger partial charge in [-0.3, -0.25) is 0 Å². The van der Waals surface area contributed by atoms with Crippen molar-refractivity contribution in [2.75, 3.05) is 0 Å². The third-order valence-electron chi connectivity index (χ3n) is 20.3. The summed E-state index contributed by atoms with van der Waals surface area (Å²) in [5, 5.41) is 34.3. The summed E-state index contributed by atoms with van der Waals surface area (Å²) < 4.78 is 0. The molecular formula is C100H80N8O16. The molecule has 0 N–H and O–H groups in total. The van der Waals surface area contributed by atoms with Gasteiger partial charge in [0.15, 0.2) is 0 Å². The fourth-order valence-electron chi connectivity index (χ4n) is 13.4. The molecule has 0 spiro atoms. The Bertz CT molecular complexity index is 5200. The van der Waals surface area contributed by atoms with E-state index in [2.05, 4.69) is 41.2 Å². The highest BCUT2D eigenvalue weighted by Gasteiger charge is 2.33. The average Bonchev–Trinajstić information content (AvgIpc) is 0.760. The van der Waals surface area contributed by atoms with E-state index in [-0.39, 0.29) is 135 Å². The summed E-state index contributed by atoms with van der Waals surface area (Å²) in [5.74, 6) is -9.15. The van der Waals surface area contributed by atoms with Crippen LogP contribution in [0.4, 0.5) is 0 Å². The van der Waals surface area contributed by atoms with Gasteiger partial charge >= 0.3 is 47.8 Å². The van der Waals surface area contributed by atoms with Crippen molar-refractivity contribution in [2.24, 2.45) is 41.2 Å². The number of benzene rings is 12. The Hall–Kier alpha value is -16.2. The van der Waals surface area contributed by atoms with Crippen LogP contribution in [0.15, 0.2) is 332 Å². The molecular weight excluding hydrogens is 1570 g/mol. The van der Waals surface area contributed by atoms with Crippen LogP contribution in [0.1, 0.15) is 227 Å². The lowest BCUT2D eigenvalue weighted by molar-refractivity contribution is 0.0495. The summed E-state index contributed by atoms with van der Waals surface area (Å²) in [6.07, 6.45) is -2.11. The molecule has 0 amide bonds. The molecule has 1 aliphatic carbocycles. The first-order chi connectivity index (χ1) is 60.1. The molecule has 12 aromatic carbocycles. The molecule has 0 fully saturated rings. The monoisotopic (exact) mass is 1650 g/mol. The van der Waals surface area contributed by atoms with Gasteiger partial charge in [-0.1, -0.05) is 308 Å². The highest BCUT2D eigenvalue weighted by molar-refractivity contribution is 6.08. The number of fused-ring (bicyclic) bond motifs is 8. The molecule has 0 aliphatic heterocycles. The second kappa shape index (κ2) is 40.5. The summed E-state index contributed by atoms with van der Waals surface area (Å²) in [5.41, 5.74) is 3.89. The van der Waals surface area contributed by atoms with Gasteiger partial charge in [0, 0.05) is 0 Å². The van der Waals surface area contributed by atoms with Crippen molar-refractivity contribution in [3.63, 3.8) is 0 Å². The van der Waals surface area contributed by atoms with E-state index in [1.807, 2.05) is 0 Å². The lowest BCUT2D eigenvalue weighted by atomic mass is 9.84. The van der Waals surface area contributed by atoms with Gasteiger partial charge in [-0.2, -0.15) is 0 Å². The molecule has 0 saturated carbocycles. The van der Waals surface area contributed by atoms with Gasteiger partial charge in [0.2, 0.25) is 0 Å². The largest absolute Gasteiger partial charge is 0.366 e. The number of oxime groups is 8. The predicted molar refractivity (Wildman–Crippen MR) is 470 cm³/mol. The minimum absolute atomic E-state index is 0.00642. The summed E-state index contributed by atoms with van der Waals surface area (Å²) >= 11 is 0. The molecule has 124 heavy (non-hydrogen) atoms. The molecule has 0 unspecified atom stereocenters. The van der Waals surface area contributed by atoms with Crippen molar-refractivity contribution in [2.45, 2.75) is 81.1 Å². The number of hydrogen-bond donors (Lipinski definition) is 0. The van der Waals surface area contributed by atoms with Crippen molar-refractivity contribution in [1.82, 2.24) is 0 Å². The van der Waals surface area contributed by atoms with Gasteiger partial charge < -0.3 is 38.7 Å². The zero-order valence-corrected chi connectivity index (χ0v) is 68.7. The van der Waals surface area contributed by atoms with Crippen LogP contribution in [-0.2, 0) is 64.4 Å². The second-order valence-electron chi connectivity index (χ2n) is 28.7. The van der Waals surface area contributed by atoms with Gasteiger partial charge in [-0.15, -0.1) is 0 Å². The number of rotatable bonds is 24. The van der Waals surface area contributed by atoms with Crippen LogP contribution in [0, 0.1) is 0 Å². The zero-order valence-electron chi connectivity index (χ0n) is 68.7. The molecule has 0 radical (unpaired) electrons. The second-order valence-corrected chi connectivity index (χ2v) is 28.7. The fraction of sp³-hybridized carbons (Fsp3) is 0.120. The van der Waals surface area contributed by atoms with Crippen LogP contribution < -0.4 is 0 Å². The lowest BCUT2D eigenvalue weighted by Gasteiger charge is -2.21. The lowest BCUT2D eigenvalue weighted by Crippen LogP contribution is -2.19. The van der Waals surface area contributed by atoms with E-state index in [4.69, 9.17) is 38.7 Å². The van der Waals surface area contributed by atoms with Crippen molar-refractivity contribution >= 4 is 93.4 Å². The Balaban J connectivity index is 1.13. The maximum Gasteiger partial charge on any atom is 0.366 e. The molecule has 8 bridgehead atoms. The highest BCUT2D eigenvalue weighted by atomic mass is 16.7.